The maximum atomic E-state index is 6.08. The Morgan fingerprint density at radius 1 is 1.05 bits per heavy atom. The molecule has 0 fully saturated rings. The third kappa shape index (κ3) is 2.08. The number of rotatable bonds is 2. The Bertz CT molecular complexity index is 701. The van der Waals surface area contributed by atoms with E-state index >= 15 is 0 Å². The first-order valence-electron chi connectivity index (χ1n) is 6.07. The standard InChI is InChI=1S/C15H14N4/c1-11-4-2-3-5-13(11)15-14(16)10-19(18-15)12-6-8-17-9-7-12/h2-10H,16H2,1H3. The van der Waals surface area contributed by atoms with Crippen molar-refractivity contribution in [1.29, 1.82) is 0 Å². The highest BCUT2D eigenvalue weighted by Gasteiger charge is 2.11. The highest BCUT2D eigenvalue weighted by Crippen LogP contribution is 2.27. The molecule has 2 aromatic heterocycles. The van der Waals surface area contributed by atoms with Crippen molar-refractivity contribution in [2.75, 3.05) is 5.73 Å². The van der Waals surface area contributed by atoms with E-state index in [1.807, 2.05) is 36.5 Å². The monoisotopic (exact) mass is 250 g/mol. The van der Waals surface area contributed by atoms with Crippen molar-refractivity contribution in [1.82, 2.24) is 14.8 Å². The summed E-state index contributed by atoms with van der Waals surface area (Å²) in [5.41, 5.74) is 10.7. The van der Waals surface area contributed by atoms with Gasteiger partial charge in [0.2, 0.25) is 0 Å². The Kier molecular flexibility index (Phi) is 2.76. The summed E-state index contributed by atoms with van der Waals surface area (Å²) in [5.74, 6) is 0. The molecule has 0 unspecified atom stereocenters. The molecular weight excluding hydrogens is 236 g/mol. The summed E-state index contributed by atoms with van der Waals surface area (Å²) >= 11 is 0. The number of nitrogens with two attached hydrogens (primary N) is 1. The van der Waals surface area contributed by atoms with Crippen molar-refractivity contribution in [2.45, 2.75) is 6.92 Å². The molecule has 4 heteroatoms. The summed E-state index contributed by atoms with van der Waals surface area (Å²) in [5, 5.41) is 4.58. The first-order chi connectivity index (χ1) is 9.25. The summed E-state index contributed by atoms with van der Waals surface area (Å²) < 4.78 is 1.78. The average Bonchev–Trinajstić information content (AvgIpc) is 2.82. The van der Waals surface area contributed by atoms with Crippen LogP contribution in [0.4, 0.5) is 5.69 Å². The zero-order chi connectivity index (χ0) is 13.2. The van der Waals surface area contributed by atoms with Crippen LogP contribution in [0.25, 0.3) is 16.9 Å². The van der Waals surface area contributed by atoms with E-state index in [-0.39, 0.29) is 0 Å². The molecule has 19 heavy (non-hydrogen) atoms. The molecule has 0 bridgehead atoms. The Morgan fingerprint density at radius 2 is 1.79 bits per heavy atom. The third-order valence-electron chi connectivity index (χ3n) is 3.07. The molecular formula is C15H14N4. The van der Waals surface area contributed by atoms with E-state index in [0.717, 1.165) is 22.5 Å². The van der Waals surface area contributed by atoms with E-state index in [9.17, 15) is 0 Å². The Morgan fingerprint density at radius 3 is 2.53 bits per heavy atom. The number of nitrogens with zero attached hydrogens (tertiary/aromatic N) is 3. The summed E-state index contributed by atoms with van der Waals surface area (Å²) in [7, 11) is 0. The summed E-state index contributed by atoms with van der Waals surface area (Å²) in [6, 6.07) is 11.9. The second-order valence-electron chi connectivity index (χ2n) is 4.40. The van der Waals surface area contributed by atoms with Gasteiger partial charge >= 0.3 is 0 Å². The summed E-state index contributed by atoms with van der Waals surface area (Å²) in [4.78, 5) is 4.00. The molecule has 4 nitrogen and oxygen atoms in total. The lowest BCUT2D eigenvalue weighted by atomic mass is 10.1. The number of nitrogen functional groups attached to an aromatic ring is 1. The van der Waals surface area contributed by atoms with E-state index in [4.69, 9.17) is 5.73 Å². The highest BCUT2D eigenvalue weighted by atomic mass is 15.3. The maximum absolute atomic E-state index is 6.08. The topological polar surface area (TPSA) is 56.7 Å². The lowest BCUT2D eigenvalue weighted by Crippen LogP contribution is -1.95. The molecule has 2 N–H and O–H groups in total. The van der Waals surface area contributed by atoms with Crippen molar-refractivity contribution in [3.8, 4) is 16.9 Å². The fraction of sp³-hybridized carbons (Fsp3) is 0.0667. The summed E-state index contributed by atoms with van der Waals surface area (Å²) in [6.45, 7) is 2.06. The smallest absolute Gasteiger partial charge is 0.116 e. The number of aromatic nitrogens is 3. The quantitative estimate of drug-likeness (QED) is 0.760. The van der Waals surface area contributed by atoms with Crippen molar-refractivity contribution in [3.05, 3.63) is 60.6 Å². The zero-order valence-electron chi connectivity index (χ0n) is 10.6. The molecule has 0 aliphatic carbocycles. The highest BCUT2D eigenvalue weighted by molar-refractivity contribution is 5.74. The molecule has 3 rings (SSSR count). The predicted molar refractivity (Wildman–Crippen MR) is 75.9 cm³/mol. The van der Waals surface area contributed by atoms with Gasteiger partial charge in [0.15, 0.2) is 0 Å². The van der Waals surface area contributed by atoms with Crippen molar-refractivity contribution >= 4 is 5.69 Å². The molecule has 94 valence electrons. The molecule has 2 heterocycles. The normalized spacial score (nSPS) is 10.6. The van der Waals surface area contributed by atoms with Crippen molar-refractivity contribution in [3.63, 3.8) is 0 Å². The van der Waals surface area contributed by atoms with Crippen LogP contribution in [0.2, 0.25) is 0 Å². The Labute approximate surface area is 111 Å². The predicted octanol–water partition coefficient (Wildman–Crippen LogP) is 2.82. The van der Waals surface area contributed by atoms with Gasteiger partial charge in [0.1, 0.15) is 5.69 Å². The number of pyridine rings is 1. The van der Waals surface area contributed by atoms with E-state index < -0.39 is 0 Å². The molecule has 0 radical (unpaired) electrons. The van der Waals surface area contributed by atoms with Gasteiger partial charge in [-0.3, -0.25) is 4.98 Å². The van der Waals surface area contributed by atoms with Crippen LogP contribution < -0.4 is 5.73 Å². The minimum atomic E-state index is 0.672. The SMILES string of the molecule is Cc1ccccc1-c1nn(-c2ccncc2)cc1N. The molecule has 0 atom stereocenters. The zero-order valence-corrected chi connectivity index (χ0v) is 10.6. The first-order valence-corrected chi connectivity index (χ1v) is 6.07. The molecule has 1 aromatic carbocycles. The minimum absolute atomic E-state index is 0.672. The fourth-order valence-electron chi connectivity index (χ4n) is 2.06. The van der Waals surface area contributed by atoms with Crippen LogP contribution in [0.15, 0.2) is 55.0 Å². The molecule has 0 aliphatic rings. The van der Waals surface area contributed by atoms with Crippen molar-refractivity contribution in [2.24, 2.45) is 0 Å². The molecule has 0 spiro atoms. The molecule has 0 amide bonds. The Balaban J connectivity index is 2.11. The van der Waals surface area contributed by atoms with Gasteiger partial charge in [0, 0.05) is 18.0 Å². The van der Waals surface area contributed by atoms with E-state index in [2.05, 4.69) is 23.1 Å². The lowest BCUT2D eigenvalue weighted by Gasteiger charge is -2.03. The maximum Gasteiger partial charge on any atom is 0.116 e. The molecule has 0 saturated heterocycles. The number of benzene rings is 1. The fourth-order valence-corrected chi connectivity index (χ4v) is 2.06. The van der Waals surface area contributed by atoms with Gasteiger partial charge in [-0.25, -0.2) is 4.68 Å². The number of anilines is 1. The van der Waals surface area contributed by atoms with Gasteiger partial charge in [0.25, 0.3) is 0 Å². The second-order valence-corrected chi connectivity index (χ2v) is 4.40. The van der Waals surface area contributed by atoms with Gasteiger partial charge < -0.3 is 5.73 Å². The van der Waals surface area contributed by atoms with Crippen LogP contribution in [-0.2, 0) is 0 Å². The van der Waals surface area contributed by atoms with Crippen LogP contribution in [0.1, 0.15) is 5.56 Å². The van der Waals surface area contributed by atoms with Crippen LogP contribution in [0.5, 0.6) is 0 Å². The first kappa shape index (κ1) is 11.5. The van der Waals surface area contributed by atoms with Gasteiger partial charge in [0.05, 0.1) is 17.6 Å². The number of aryl methyl sites for hydroxylation is 1. The largest absolute Gasteiger partial charge is 0.396 e. The van der Waals surface area contributed by atoms with Crippen LogP contribution in [0, 0.1) is 6.92 Å². The lowest BCUT2D eigenvalue weighted by molar-refractivity contribution is 0.881. The number of hydrogen-bond acceptors (Lipinski definition) is 3. The minimum Gasteiger partial charge on any atom is -0.396 e. The molecule has 0 saturated carbocycles. The van der Waals surface area contributed by atoms with Gasteiger partial charge in [-0.05, 0) is 24.6 Å². The van der Waals surface area contributed by atoms with Crippen LogP contribution >= 0.6 is 0 Å². The van der Waals surface area contributed by atoms with E-state index in [1.54, 1.807) is 17.1 Å². The second kappa shape index (κ2) is 4.57. The van der Waals surface area contributed by atoms with Gasteiger partial charge in [-0.1, -0.05) is 24.3 Å². The Hall–Kier alpha value is -2.62. The van der Waals surface area contributed by atoms with Crippen LogP contribution in [0.3, 0.4) is 0 Å². The van der Waals surface area contributed by atoms with Crippen LogP contribution in [-0.4, -0.2) is 14.8 Å². The average molecular weight is 250 g/mol. The van der Waals surface area contributed by atoms with Crippen molar-refractivity contribution < 1.29 is 0 Å². The van der Waals surface area contributed by atoms with Gasteiger partial charge in [-0.15, -0.1) is 0 Å². The van der Waals surface area contributed by atoms with E-state index in [0.29, 0.717) is 5.69 Å². The van der Waals surface area contributed by atoms with E-state index in [1.165, 1.54) is 0 Å². The number of hydrogen-bond donors (Lipinski definition) is 1. The third-order valence-corrected chi connectivity index (χ3v) is 3.07. The molecule has 3 aromatic rings. The summed E-state index contributed by atoms with van der Waals surface area (Å²) in [6.07, 6.45) is 5.30. The van der Waals surface area contributed by atoms with Gasteiger partial charge in [-0.2, -0.15) is 5.10 Å². The molecule has 0 aliphatic heterocycles.